The van der Waals surface area contributed by atoms with Crippen molar-refractivity contribution in [3.05, 3.63) is 34.2 Å². The van der Waals surface area contributed by atoms with Gasteiger partial charge in [0.05, 0.1) is 7.11 Å². The summed E-state index contributed by atoms with van der Waals surface area (Å²) in [7, 11) is 3.72. The van der Waals surface area contributed by atoms with Crippen LogP contribution in [0.5, 0.6) is 5.75 Å². The van der Waals surface area contributed by atoms with Crippen LogP contribution in [0.4, 0.5) is 0 Å². The Labute approximate surface area is 129 Å². The Morgan fingerprint density at radius 3 is 2.35 bits per heavy atom. The summed E-state index contributed by atoms with van der Waals surface area (Å²) in [6, 6.07) is 6.25. The standard InChI is InChI=1S/C16H21BrN2O/c1-10-18-14(15(17)19(10)5)11-7-8-13(20-6)12(9-11)16(2,3)4/h7-9H,1-6H3. The quantitative estimate of drug-likeness (QED) is 0.809. The molecule has 2 rings (SSSR count). The fourth-order valence-electron chi connectivity index (χ4n) is 2.21. The van der Waals surface area contributed by atoms with Crippen LogP contribution in [0.15, 0.2) is 22.8 Å². The van der Waals surface area contributed by atoms with Crippen LogP contribution in [-0.4, -0.2) is 16.7 Å². The number of aromatic nitrogens is 2. The summed E-state index contributed by atoms with van der Waals surface area (Å²) in [5, 5.41) is 0. The van der Waals surface area contributed by atoms with E-state index in [-0.39, 0.29) is 5.41 Å². The van der Waals surface area contributed by atoms with Gasteiger partial charge in [-0.2, -0.15) is 0 Å². The lowest BCUT2D eigenvalue weighted by molar-refractivity contribution is 0.397. The highest BCUT2D eigenvalue weighted by molar-refractivity contribution is 9.10. The Bertz CT molecular complexity index is 639. The van der Waals surface area contributed by atoms with Crippen molar-refractivity contribution in [3.8, 4) is 17.0 Å². The largest absolute Gasteiger partial charge is 0.496 e. The van der Waals surface area contributed by atoms with E-state index in [9.17, 15) is 0 Å². The van der Waals surface area contributed by atoms with Gasteiger partial charge >= 0.3 is 0 Å². The second-order valence-electron chi connectivity index (χ2n) is 6.02. The maximum absolute atomic E-state index is 5.48. The van der Waals surface area contributed by atoms with E-state index in [1.807, 2.05) is 24.6 Å². The lowest BCUT2D eigenvalue weighted by Gasteiger charge is -2.22. The molecule has 1 aromatic carbocycles. The van der Waals surface area contributed by atoms with Crippen LogP contribution < -0.4 is 4.74 Å². The topological polar surface area (TPSA) is 27.1 Å². The first-order valence-corrected chi connectivity index (χ1v) is 7.42. The molecule has 0 N–H and O–H groups in total. The van der Waals surface area contributed by atoms with Crippen LogP contribution in [-0.2, 0) is 12.5 Å². The second-order valence-corrected chi connectivity index (χ2v) is 6.77. The van der Waals surface area contributed by atoms with E-state index < -0.39 is 0 Å². The van der Waals surface area contributed by atoms with Gasteiger partial charge in [0.1, 0.15) is 21.9 Å². The molecule has 0 spiro atoms. The van der Waals surface area contributed by atoms with E-state index in [1.54, 1.807) is 7.11 Å². The normalized spacial score (nSPS) is 11.8. The lowest BCUT2D eigenvalue weighted by atomic mass is 9.85. The summed E-state index contributed by atoms with van der Waals surface area (Å²) in [6.07, 6.45) is 0. The number of halogens is 1. The van der Waals surface area contributed by atoms with Gasteiger partial charge < -0.3 is 9.30 Å². The number of rotatable bonds is 2. The van der Waals surface area contributed by atoms with Gasteiger partial charge in [0, 0.05) is 18.2 Å². The number of aryl methyl sites for hydroxylation is 1. The van der Waals surface area contributed by atoms with E-state index in [1.165, 1.54) is 5.56 Å². The molecule has 1 heterocycles. The van der Waals surface area contributed by atoms with E-state index in [0.717, 1.165) is 27.4 Å². The van der Waals surface area contributed by atoms with Gasteiger partial charge in [-0.1, -0.05) is 20.8 Å². The molecule has 108 valence electrons. The first kappa shape index (κ1) is 15.1. The molecule has 0 amide bonds. The first-order chi connectivity index (χ1) is 9.25. The molecule has 0 aliphatic heterocycles. The molecular formula is C16H21BrN2O. The predicted octanol–water partition coefficient (Wildman–Crippen LogP) is 4.46. The molecule has 2 aromatic rings. The van der Waals surface area contributed by atoms with Crippen LogP contribution >= 0.6 is 15.9 Å². The van der Waals surface area contributed by atoms with Gasteiger partial charge in [-0.25, -0.2) is 4.98 Å². The maximum atomic E-state index is 5.48. The monoisotopic (exact) mass is 336 g/mol. The van der Waals surface area contributed by atoms with Crippen molar-refractivity contribution in [1.29, 1.82) is 0 Å². The number of hydrogen-bond donors (Lipinski definition) is 0. The Kier molecular flexibility index (Phi) is 3.96. The third-order valence-electron chi connectivity index (χ3n) is 3.53. The molecule has 4 heteroatoms. The summed E-state index contributed by atoms with van der Waals surface area (Å²) >= 11 is 3.62. The summed E-state index contributed by atoms with van der Waals surface area (Å²) in [5.74, 6) is 1.91. The Morgan fingerprint density at radius 1 is 1.25 bits per heavy atom. The molecule has 0 bridgehead atoms. The van der Waals surface area contributed by atoms with Gasteiger partial charge in [-0.05, 0) is 46.5 Å². The minimum absolute atomic E-state index is 0.0255. The zero-order chi connectivity index (χ0) is 15.1. The summed E-state index contributed by atoms with van der Waals surface area (Å²) < 4.78 is 8.52. The van der Waals surface area contributed by atoms with Crippen molar-refractivity contribution in [2.75, 3.05) is 7.11 Å². The van der Waals surface area contributed by atoms with Crippen LogP contribution in [0.25, 0.3) is 11.3 Å². The molecule has 0 aliphatic rings. The highest BCUT2D eigenvalue weighted by Crippen LogP contribution is 2.36. The molecule has 0 atom stereocenters. The lowest BCUT2D eigenvalue weighted by Crippen LogP contribution is -2.13. The average Bonchev–Trinajstić information content (AvgIpc) is 2.65. The number of hydrogen-bond acceptors (Lipinski definition) is 2. The van der Waals surface area contributed by atoms with Gasteiger partial charge in [0.2, 0.25) is 0 Å². The maximum Gasteiger partial charge on any atom is 0.122 e. The Hall–Kier alpha value is -1.29. The van der Waals surface area contributed by atoms with Crippen molar-refractivity contribution in [2.45, 2.75) is 33.1 Å². The van der Waals surface area contributed by atoms with Gasteiger partial charge in [-0.15, -0.1) is 0 Å². The number of ether oxygens (including phenoxy) is 1. The molecule has 0 unspecified atom stereocenters. The van der Waals surface area contributed by atoms with Crippen molar-refractivity contribution in [1.82, 2.24) is 9.55 Å². The van der Waals surface area contributed by atoms with E-state index in [4.69, 9.17) is 4.74 Å². The zero-order valence-electron chi connectivity index (χ0n) is 12.9. The molecule has 3 nitrogen and oxygen atoms in total. The minimum Gasteiger partial charge on any atom is -0.496 e. The molecule has 1 aromatic heterocycles. The third-order valence-corrected chi connectivity index (χ3v) is 4.44. The molecule has 0 fully saturated rings. The van der Waals surface area contributed by atoms with Crippen LogP contribution in [0.3, 0.4) is 0 Å². The van der Waals surface area contributed by atoms with Crippen molar-refractivity contribution in [2.24, 2.45) is 7.05 Å². The Balaban J connectivity index is 2.62. The van der Waals surface area contributed by atoms with E-state index in [0.29, 0.717) is 0 Å². The average molecular weight is 337 g/mol. The fourth-order valence-corrected chi connectivity index (χ4v) is 2.78. The number of imidazole rings is 1. The molecule has 0 radical (unpaired) electrons. The molecule has 0 saturated carbocycles. The van der Waals surface area contributed by atoms with Crippen LogP contribution in [0.2, 0.25) is 0 Å². The zero-order valence-corrected chi connectivity index (χ0v) is 14.5. The number of benzene rings is 1. The fraction of sp³-hybridized carbons (Fsp3) is 0.438. The third kappa shape index (κ3) is 2.62. The van der Waals surface area contributed by atoms with Crippen molar-refractivity contribution < 1.29 is 4.74 Å². The van der Waals surface area contributed by atoms with Gasteiger partial charge in [0.15, 0.2) is 0 Å². The summed E-state index contributed by atoms with van der Waals surface area (Å²) in [5.41, 5.74) is 3.29. The van der Waals surface area contributed by atoms with Crippen molar-refractivity contribution >= 4 is 15.9 Å². The summed E-state index contributed by atoms with van der Waals surface area (Å²) in [6.45, 7) is 8.57. The van der Waals surface area contributed by atoms with E-state index in [2.05, 4.69) is 53.8 Å². The second kappa shape index (κ2) is 5.24. The molecule has 20 heavy (non-hydrogen) atoms. The molecule has 0 saturated heterocycles. The highest BCUT2D eigenvalue weighted by Gasteiger charge is 2.21. The van der Waals surface area contributed by atoms with Gasteiger partial charge in [0.25, 0.3) is 0 Å². The summed E-state index contributed by atoms with van der Waals surface area (Å²) in [4.78, 5) is 4.63. The SMILES string of the molecule is COc1ccc(-c2nc(C)n(C)c2Br)cc1C(C)(C)C. The Morgan fingerprint density at radius 2 is 1.90 bits per heavy atom. The molecular weight excluding hydrogens is 316 g/mol. The van der Waals surface area contributed by atoms with E-state index >= 15 is 0 Å². The highest BCUT2D eigenvalue weighted by atomic mass is 79.9. The van der Waals surface area contributed by atoms with Gasteiger partial charge in [-0.3, -0.25) is 0 Å². The molecule has 0 aliphatic carbocycles. The van der Waals surface area contributed by atoms with Crippen LogP contribution in [0, 0.1) is 6.92 Å². The smallest absolute Gasteiger partial charge is 0.122 e. The van der Waals surface area contributed by atoms with Crippen molar-refractivity contribution in [3.63, 3.8) is 0 Å². The number of nitrogens with zero attached hydrogens (tertiary/aromatic N) is 2. The first-order valence-electron chi connectivity index (χ1n) is 6.63. The number of methoxy groups -OCH3 is 1. The van der Waals surface area contributed by atoms with Crippen LogP contribution in [0.1, 0.15) is 32.2 Å². The minimum atomic E-state index is 0.0255. The predicted molar refractivity (Wildman–Crippen MR) is 86.3 cm³/mol.